The summed E-state index contributed by atoms with van der Waals surface area (Å²) in [7, 11) is 0. The second kappa shape index (κ2) is 9.66. The number of carbonyl (C=O) groups excluding carboxylic acids is 1. The van der Waals surface area contributed by atoms with Gasteiger partial charge in [-0.15, -0.1) is 21.5 Å². The van der Waals surface area contributed by atoms with Gasteiger partial charge in [-0.05, 0) is 43.7 Å². The number of nitrogens with zero attached hydrogens (tertiary/aromatic N) is 5. The summed E-state index contributed by atoms with van der Waals surface area (Å²) in [5.41, 5.74) is 0.553. The lowest BCUT2D eigenvalue weighted by Gasteiger charge is -2.24. The number of thiazole rings is 1. The van der Waals surface area contributed by atoms with E-state index in [1.54, 1.807) is 23.4 Å². The molecule has 0 bridgehead atoms. The van der Waals surface area contributed by atoms with Gasteiger partial charge in [0.2, 0.25) is 6.41 Å². The van der Waals surface area contributed by atoms with Crippen molar-refractivity contribution in [3.05, 3.63) is 53.0 Å². The molecule has 1 amide bonds. The van der Waals surface area contributed by atoms with Crippen LogP contribution in [0.1, 0.15) is 37.3 Å². The highest BCUT2D eigenvalue weighted by molar-refractivity contribution is 7.15. The fourth-order valence-corrected chi connectivity index (χ4v) is 4.55. The molecule has 1 saturated heterocycles. The van der Waals surface area contributed by atoms with Gasteiger partial charge >= 0.3 is 0 Å². The minimum Gasteiger partial charge on any atom is -0.368 e. The number of nitrogens with one attached hydrogen (secondary N) is 2. The third kappa shape index (κ3) is 5.08. The van der Waals surface area contributed by atoms with Crippen LogP contribution in [-0.4, -0.2) is 50.7 Å². The molecule has 2 N–H and O–H groups in total. The molecular weight excluding hydrogens is 429 g/mol. The fourth-order valence-electron chi connectivity index (χ4n) is 3.67. The molecule has 0 saturated carbocycles. The molecule has 8 nitrogen and oxygen atoms in total. The summed E-state index contributed by atoms with van der Waals surface area (Å²) in [5.74, 6) is 0.270. The average Bonchev–Trinajstić information content (AvgIpc) is 3.49. The molecule has 10 heteroatoms. The van der Waals surface area contributed by atoms with E-state index >= 15 is 0 Å². The molecule has 1 aliphatic rings. The zero-order valence-electron chi connectivity index (χ0n) is 18.1. The average molecular weight is 456 g/mol. The Morgan fingerprint density at radius 1 is 1.31 bits per heavy atom. The van der Waals surface area contributed by atoms with Gasteiger partial charge in [0.05, 0.1) is 18.4 Å². The van der Waals surface area contributed by atoms with E-state index in [4.69, 9.17) is 0 Å². The highest BCUT2D eigenvalue weighted by atomic mass is 32.1. The number of pyridine rings is 1. The Bertz CT molecular complexity index is 1050. The van der Waals surface area contributed by atoms with Gasteiger partial charge in [0.25, 0.3) is 0 Å². The van der Waals surface area contributed by atoms with Crippen molar-refractivity contribution in [1.82, 2.24) is 30.4 Å². The summed E-state index contributed by atoms with van der Waals surface area (Å²) in [6, 6.07) is 6.68. The van der Waals surface area contributed by atoms with Crippen LogP contribution in [0, 0.1) is 5.82 Å². The van der Waals surface area contributed by atoms with E-state index in [0.717, 1.165) is 35.7 Å². The molecule has 0 spiro atoms. The molecule has 4 rings (SSSR count). The van der Waals surface area contributed by atoms with Crippen molar-refractivity contribution in [2.45, 2.75) is 44.8 Å². The standard InChI is InChI=1S/C22H26FN7OS/c1-22(2,20-16(23)5-3-10-25-20)13-27-18-8-7-17(28-29-18)21-26-11-15(32-21)12-30(14-31)19-6-4-9-24-19/h3,5,7-8,10-11,14,19,24H,4,6,9,12-13H2,1-2H3,(H,27,29)/t19-/m0/s1. The van der Waals surface area contributed by atoms with Gasteiger partial charge in [0.15, 0.2) is 0 Å². The molecule has 1 atom stereocenters. The first-order valence-electron chi connectivity index (χ1n) is 10.5. The van der Waals surface area contributed by atoms with E-state index in [1.165, 1.54) is 17.4 Å². The Morgan fingerprint density at radius 2 is 2.19 bits per heavy atom. The summed E-state index contributed by atoms with van der Waals surface area (Å²) >= 11 is 1.50. The molecule has 32 heavy (non-hydrogen) atoms. The molecule has 168 valence electrons. The number of hydrogen-bond acceptors (Lipinski definition) is 8. The molecule has 0 radical (unpaired) electrons. The zero-order valence-corrected chi connectivity index (χ0v) is 18.9. The predicted molar refractivity (Wildman–Crippen MR) is 121 cm³/mol. The maximum Gasteiger partial charge on any atom is 0.211 e. The second-order valence-corrected chi connectivity index (χ2v) is 9.51. The predicted octanol–water partition coefficient (Wildman–Crippen LogP) is 3.19. The number of halogens is 1. The van der Waals surface area contributed by atoms with Gasteiger partial charge in [-0.25, -0.2) is 9.37 Å². The Balaban J connectivity index is 1.37. The van der Waals surface area contributed by atoms with Crippen LogP contribution >= 0.6 is 11.3 Å². The second-order valence-electron chi connectivity index (χ2n) is 8.40. The molecule has 1 fully saturated rings. The number of rotatable bonds is 9. The van der Waals surface area contributed by atoms with Crippen molar-refractivity contribution >= 4 is 23.6 Å². The van der Waals surface area contributed by atoms with E-state index in [1.807, 2.05) is 26.0 Å². The number of amides is 1. The quantitative estimate of drug-likeness (QED) is 0.479. The van der Waals surface area contributed by atoms with Crippen LogP contribution in [0.5, 0.6) is 0 Å². The molecular formula is C22H26FN7OS. The topological polar surface area (TPSA) is 95.9 Å². The van der Waals surface area contributed by atoms with Crippen molar-refractivity contribution < 1.29 is 9.18 Å². The van der Waals surface area contributed by atoms with Gasteiger partial charge < -0.3 is 10.2 Å². The van der Waals surface area contributed by atoms with Gasteiger partial charge in [-0.2, -0.15) is 0 Å². The highest BCUT2D eigenvalue weighted by Gasteiger charge is 2.26. The van der Waals surface area contributed by atoms with Crippen molar-refractivity contribution in [2.75, 3.05) is 18.4 Å². The van der Waals surface area contributed by atoms with Crippen molar-refractivity contribution in [2.24, 2.45) is 0 Å². The maximum absolute atomic E-state index is 14.1. The smallest absolute Gasteiger partial charge is 0.211 e. The lowest BCUT2D eigenvalue weighted by atomic mass is 9.88. The van der Waals surface area contributed by atoms with Crippen LogP contribution in [0.3, 0.4) is 0 Å². The summed E-state index contributed by atoms with van der Waals surface area (Å²) in [6.45, 7) is 5.76. The first kappa shape index (κ1) is 22.2. The Hall–Kier alpha value is -2.98. The van der Waals surface area contributed by atoms with Crippen LogP contribution < -0.4 is 10.6 Å². The van der Waals surface area contributed by atoms with E-state index in [2.05, 4.69) is 30.8 Å². The lowest BCUT2D eigenvalue weighted by Crippen LogP contribution is -2.40. The van der Waals surface area contributed by atoms with E-state index in [9.17, 15) is 9.18 Å². The molecule has 3 aromatic heterocycles. The molecule has 3 aromatic rings. The number of carbonyl (C=O) groups is 1. The van der Waals surface area contributed by atoms with E-state index in [-0.39, 0.29) is 12.0 Å². The molecule has 1 aliphatic heterocycles. The molecule has 0 unspecified atom stereocenters. The minimum absolute atomic E-state index is 0.0898. The first-order valence-corrected chi connectivity index (χ1v) is 11.4. The van der Waals surface area contributed by atoms with Crippen molar-refractivity contribution in [3.8, 4) is 10.7 Å². The fraction of sp³-hybridized carbons (Fsp3) is 0.409. The monoisotopic (exact) mass is 455 g/mol. The molecule has 4 heterocycles. The lowest BCUT2D eigenvalue weighted by molar-refractivity contribution is -0.121. The van der Waals surface area contributed by atoms with Crippen molar-refractivity contribution in [3.63, 3.8) is 0 Å². The number of anilines is 1. The van der Waals surface area contributed by atoms with Crippen LogP contribution in [0.15, 0.2) is 36.7 Å². The Labute approximate surface area is 190 Å². The molecule has 0 aromatic carbocycles. The largest absolute Gasteiger partial charge is 0.368 e. The summed E-state index contributed by atoms with van der Waals surface area (Å²) in [4.78, 5) is 22.9. The van der Waals surface area contributed by atoms with E-state index in [0.29, 0.717) is 30.3 Å². The van der Waals surface area contributed by atoms with Gasteiger partial charge in [0.1, 0.15) is 22.3 Å². The van der Waals surface area contributed by atoms with Crippen LogP contribution in [0.2, 0.25) is 0 Å². The third-order valence-corrected chi connectivity index (χ3v) is 6.46. The SMILES string of the molecule is CC(C)(CNc1ccc(-c2ncc(CN(C=O)[C@H]3CCCN3)s2)nn1)c1ncccc1F. The van der Waals surface area contributed by atoms with Crippen LogP contribution in [0.4, 0.5) is 10.2 Å². The molecule has 0 aliphatic carbocycles. The minimum atomic E-state index is -0.519. The Kier molecular flexibility index (Phi) is 6.71. The van der Waals surface area contributed by atoms with Crippen molar-refractivity contribution in [1.29, 1.82) is 0 Å². The Morgan fingerprint density at radius 3 is 2.88 bits per heavy atom. The first-order chi connectivity index (χ1) is 15.5. The highest BCUT2D eigenvalue weighted by Crippen LogP contribution is 2.26. The van der Waals surface area contributed by atoms with E-state index < -0.39 is 5.41 Å². The zero-order chi connectivity index (χ0) is 22.6. The summed E-state index contributed by atoms with van der Waals surface area (Å²) in [6.07, 6.45) is 6.40. The van der Waals surface area contributed by atoms with Gasteiger partial charge in [-0.3, -0.25) is 15.1 Å². The summed E-state index contributed by atoms with van der Waals surface area (Å²) < 4.78 is 14.1. The number of hydrogen-bond donors (Lipinski definition) is 2. The van der Waals surface area contributed by atoms with Gasteiger partial charge in [-0.1, -0.05) is 13.8 Å². The summed E-state index contributed by atoms with van der Waals surface area (Å²) in [5, 5.41) is 15.8. The normalized spacial score (nSPS) is 16.2. The van der Waals surface area contributed by atoms with Gasteiger partial charge in [0, 0.05) is 29.2 Å². The van der Waals surface area contributed by atoms with Crippen LogP contribution in [-0.2, 0) is 16.8 Å². The number of aromatic nitrogens is 4. The third-order valence-electron chi connectivity index (χ3n) is 5.46. The maximum atomic E-state index is 14.1. The van der Waals surface area contributed by atoms with Crippen LogP contribution in [0.25, 0.3) is 10.7 Å².